The van der Waals surface area contributed by atoms with Crippen LogP contribution < -0.4 is 4.74 Å². The number of aliphatic hydroxyl groups is 2. The van der Waals surface area contributed by atoms with Gasteiger partial charge in [-0.25, -0.2) is 0 Å². The van der Waals surface area contributed by atoms with Crippen LogP contribution in [0.25, 0.3) is 0 Å². The van der Waals surface area contributed by atoms with E-state index in [1.807, 2.05) is 52.0 Å². The van der Waals surface area contributed by atoms with Gasteiger partial charge in [-0.05, 0) is 95.4 Å². The summed E-state index contributed by atoms with van der Waals surface area (Å²) in [5, 5.41) is 30.9. The molecular formula is C28H44O4. The van der Waals surface area contributed by atoms with Crippen molar-refractivity contribution in [3.05, 3.63) is 58.2 Å². The third kappa shape index (κ3) is 10.5. The minimum Gasteiger partial charge on any atom is -0.507 e. The first-order chi connectivity index (χ1) is 15.0. The van der Waals surface area contributed by atoms with E-state index >= 15 is 0 Å². The van der Waals surface area contributed by atoms with Gasteiger partial charge < -0.3 is 20.1 Å². The van der Waals surface area contributed by atoms with Crippen LogP contribution in [-0.2, 0) is 6.42 Å². The summed E-state index contributed by atoms with van der Waals surface area (Å²) in [6.07, 6.45) is 9.91. The van der Waals surface area contributed by atoms with Gasteiger partial charge in [-0.1, -0.05) is 43.2 Å². The maximum atomic E-state index is 10.4. The van der Waals surface area contributed by atoms with Crippen LogP contribution >= 0.6 is 0 Å². The molecule has 0 aromatic heterocycles. The van der Waals surface area contributed by atoms with Gasteiger partial charge in [-0.2, -0.15) is 0 Å². The smallest absolute Gasteiger partial charge is 0.122 e. The molecule has 0 saturated carbocycles. The lowest BCUT2D eigenvalue weighted by Gasteiger charge is -2.13. The lowest BCUT2D eigenvalue weighted by Crippen LogP contribution is -2.09. The summed E-state index contributed by atoms with van der Waals surface area (Å²) in [7, 11) is 1.62. The summed E-state index contributed by atoms with van der Waals surface area (Å²) in [6.45, 7) is 12.2. The Morgan fingerprint density at radius 2 is 1.72 bits per heavy atom. The number of aryl methyl sites for hydroxylation is 1. The summed E-state index contributed by atoms with van der Waals surface area (Å²) in [6, 6.07) is 3.66. The molecule has 0 bridgehead atoms. The van der Waals surface area contributed by atoms with E-state index in [4.69, 9.17) is 4.74 Å². The average molecular weight is 445 g/mol. The second-order valence-corrected chi connectivity index (χ2v) is 9.46. The molecule has 0 saturated heterocycles. The Bertz CT molecular complexity index is 802. The van der Waals surface area contributed by atoms with Crippen LogP contribution in [0.15, 0.2) is 47.1 Å². The molecule has 0 aliphatic heterocycles. The van der Waals surface area contributed by atoms with Gasteiger partial charge in [0.05, 0.1) is 19.3 Å². The van der Waals surface area contributed by atoms with Crippen LogP contribution in [-0.4, -0.2) is 34.6 Å². The maximum absolute atomic E-state index is 10.4. The average Bonchev–Trinajstić information content (AvgIpc) is 2.72. The molecule has 180 valence electrons. The summed E-state index contributed by atoms with van der Waals surface area (Å²) in [4.78, 5) is 0. The summed E-state index contributed by atoms with van der Waals surface area (Å²) >= 11 is 0. The zero-order chi connectivity index (χ0) is 24.3. The van der Waals surface area contributed by atoms with Crippen LogP contribution in [0.1, 0.15) is 77.8 Å². The fourth-order valence-corrected chi connectivity index (χ4v) is 3.64. The molecule has 0 aliphatic rings. The number of benzene rings is 1. The molecule has 4 nitrogen and oxygen atoms in total. The van der Waals surface area contributed by atoms with Crippen molar-refractivity contribution in [2.45, 2.75) is 92.3 Å². The van der Waals surface area contributed by atoms with Crippen LogP contribution in [0.4, 0.5) is 0 Å². The van der Waals surface area contributed by atoms with Crippen LogP contribution in [0, 0.1) is 12.8 Å². The summed E-state index contributed by atoms with van der Waals surface area (Å²) in [5.41, 5.74) is 4.87. The highest BCUT2D eigenvalue weighted by molar-refractivity contribution is 5.46. The predicted octanol–water partition coefficient (Wildman–Crippen LogP) is 6.42. The molecule has 0 fully saturated rings. The Kier molecular flexibility index (Phi) is 12.4. The van der Waals surface area contributed by atoms with Crippen molar-refractivity contribution < 1.29 is 20.1 Å². The molecule has 1 aromatic rings. The molecule has 1 rings (SSSR count). The Labute approximate surface area is 195 Å². The van der Waals surface area contributed by atoms with Crippen molar-refractivity contribution in [3.63, 3.8) is 0 Å². The molecule has 4 heteroatoms. The molecule has 1 aromatic carbocycles. The van der Waals surface area contributed by atoms with Gasteiger partial charge >= 0.3 is 0 Å². The Morgan fingerprint density at radius 1 is 1.03 bits per heavy atom. The number of hydrogen-bond acceptors (Lipinski definition) is 4. The van der Waals surface area contributed by atoms with Gasteiger partial charge in [-0.15, -0.1) is 0 Å². The predicted molar refractivity (Wildman–Crippen MR) is 134 cm³/mol. The zero-order valence-corrected chi connectivity index (χ0v) is 21.1. The van der Waals surface area contributed by atoms with E-state index < -0.39 is 6.10 Å². The first-order valence-corrected chi connectivity index (χ1v) is 11.8. The SMILES string of the molecule is COc1cc(C)c(O)c(CC=C(C)CC(O)C=C(C)CCC=C(C)C(O)CCC(C)C)c1. The van der Waals surface area contributed by atoms with Gasteiger partial charge in [0.15, 0.2) is 0 Å². The summed E-state index contributed by atoms with van der Waals surface area (Å²) < 4.78 is 5.29. The third-order valence-electron chi connectivity index (χ3n) is 5.82. The van der Waals surface area contributed by atoms with Crippen molar-refractivity contribution in [2.75, 3.05) is 7.11 Å². The highest BCUT2D eigenvalue weighted by Crippen LogP contribution is 2.28. The number of methoxy groups -OCH3 is 1. The number of phenols is 1. The van der Waals surface area contributed by atoms with E-state index in [0.717, 1.165) is 59.3 Å². The molecule has 2 atom stereocenters. The fourth-order valence-electron chi connectivity index (χ4n) is 3.64. The molecule has 3 N–H and O–H groups in total. The van der Waals surface area contributed by atoms with Crippen LogP contribution in [0.5, 0.6) is 11.5 Å². The number of allylic oxidation sites excluding steroid dienone is 3. The highest BCUT2D eigenvalue weighted by Gasteiger charge is 2.09. The highest BCUT2D eigenvalue weighted by atomic mass is 16.5. The lowest BCUT2D eigenvalue weighted by molar-refractivity contribution is 0.191. The summed E-state index contributed by atoms with van der Waals surface area (Å²) in [5.74, 6) is 1.63. The largest absolute Gasteiger partial charge is 0.507 e. The monoisotopic (exact) mass is 444 g/mol. The van der Waals surface area contributed by atoms with Crippen molar-refractivity contribution in [3.8, 4) is 11.5 Å². The van der Waals surface area contributed by atoms with E-state index in [2.05, 4.69) is 19.9 Å². The van der Waals surface area contributed by atoms with Crippen molar-refractivity contribution >= 4 is 0 Å². The number of ether oxygens (including phenoxy) is 1. The van der Waals surface area contributed by atoms with Crippen LogP contribution in [0.3, 0.4) is 0 Å². The van der Waals surface area contributed by atoms with Gasteiger partial charge in [0.2, 0.25) is 0 Å². The molecule has 0 heterocycles. The number of phenolic OH excluding ortho intramolecular Hbond substituents is 1. The first-order valence-electron chi connectivity index (χ1n) is 11.8. The van der Waals surface area contributed by atoms with E-state index in [9.17, 15) is 15.3 Å². The van der Waals surface area contributed by atoms with E-state index in [1.54, 1.807) is 7.11 Å². The van der Waals surface area contributed by atoms with E-state index in [1.165, 1.54) is 0 Å². The van der Waals surface area contributed by atoms with E-state index in [-0.39, 0.29) is 6.10 Å². The van der Waals surface area contributed by atoms with Crippen LogP contribution in [0.2, 0.25) is 0 Å². The minimum atomic E-state index is -0.534. The topological polar surface area (TPSA) is 69.9 Å². The molecule has 0 radical (unpaired) electrons. The second-order valence-electron chi connectivity index (χ2n) is 9.46. The first kappa shape index (κ1) is 28.0. The normalized spacial score (nSPS) is 15.2. The maximum Gasteiger partial charge on any atom is 0.122 e. The minimum absolute atomic E-state index is 0.295. The lowest BCUT2D eigenvalue weighted by atomic mass is 9.99. The molecular weight excluding hydrogens is 400 g/mol. The van der Waals surface area contributed by atoms with Crippen molar-refractivity contribution in [1.82, 2.24) is 0 Å². The quantitative estimate of drug-likeness (QED) is 0.307. The molecule has 0 spiro atoms. The zero-order valence-electron chi connectivity index (χ0n) is 21.1. The Morgan fingerprint density at radius 3 is 2.34 bits per heavy atom. The standard InChI is InChI=1S/C28H44O4/c1-19(2)11-14-27(30)22(5)10-8-9-20(3)15-25(29)16-21(4)12-13-24-18-26(32-7)17-23(6)28(24)31/h10,12,15,17-19,25,27,29-31H,8-9,11,13-14,16H2,1-7H3. The van der Waals surface area contributed by atoms with Crippen molar-refractivity contribution in [2.24, 2.45) is 5.92 Å². The van der Waals surface area contributed by atoms with Gasteiger partial charge in [0.25, 0.3) is 0 Å². The number of aliphatic hydroxyl groups excluding tert-OH is 2. The third-order valence-corrected chi connectivity index (χ3v) is 5.82. The number of hydrogen-bond donors (Lipinski definition) is 3. The van der Waals surface area contributed by atoms with E-state index in [0.29, 0.717) is 24.5 Å². The van der Waals surface area contributed by atoms with Gasteiger partial charge in [0.1, 0.15) is 11.5 Å². The molecule has 2 unspecified atom stereocenters. The van der Waals surface area contributed by atoms with Crippen molar-refractivity contribution in [1.29, 1.82) is 0 Å². The Hall–Kier alpha value is -2.04. The Balaban J connectivity index is 2.56. The fraction of sp³-hybridized carbons (Fsp3) is 0.571. The number of aromatic hydroxyl groups is 1. The molecule has 0 aliphatic carbocycles. The molecule has 0 amide bonds. The second kappa shape index (κ2) is 14.2. The van der Waals surface area contributed by atoms with Gasteiger partial charge in [0, 0.05) is 5.56 Å². The molecule has 32 heavy (non-hydrogen) atoms. The number of rotatable bonds is 13. The van der Waals surface area contributed by atoms with Gasteiger partial charge in [-0.3, -0.25) is 0 Å².